The number of ether oxygens (including phenoxy) is 1. The molecule has 90 valence electrons. The molecule has 0 aliphatic heterocycles. The van der Waals surface area contributed by atoms with Crippen molar-refractivity contribution >= 4 is 16.9 Å². The first kappa shape index (κ1) is 11.7. The van der Waals surface area contributed by atoms with Crippen molar-refractivity contribution in [3.8, 4) is 0 Å². The molecule has 4 nitrogen and oxygen atoms in total. The van der Waals surface area contributed by atoms with Gasteiger partial charge in [0.2, 0.25) is 0 Å². The normalized spacial score (nSPS) is 10.6. The van der Waals surface area contributed by atoms with E-state index in [-0.39, 0.29) is 12.5 Å². The first-order valence-electron chi connectivity index (χ1n) is 5.72. The van der Waals surface area contributed by atoms with Crippen molar-refractivity contribution in [1.82, 2.24) is 10.3 Å². The lowest BCUT2D eigenvalue weighted by Crippen LogP contribution is -2.24. The Bertz CT molecular complexity index is 505. The van der Waals surface area contributed by atoms with Gasteiger partial charge in [0.05, 0.1) is 13.2 Å². The number of H-pyrrole nitrogens is 1. The standard InChI is InChI=1S/C13H16N2O2/c1-2-17-13(16)9-14-8-10-4-3-5-12-11(10)6-7-15-12/h3-7,14-15H,2,8-9H2,1H3. The van der Waals surface area contributed by atoms with Gasteiger partial charge in [0.1, 0.15) is 0 Å². The van der Waals surface area contributed by atoms with Crippen molar-refractivity contribution in [1.29, 1.82) is 0 Å². The maximum Gasteiger partial charge on any atom is 0.319 e. The van der Waals surface area contributed by atoms with E-state index < -0.39 is 0 Å². The van der Waals surface area contributed by atoms with Gasteiger partial charge < -0.3 is 15.0 Å². The zero-order chi connectivity index (χ0) is 12.1. The second-order valence-electron chi connectivity index (χ2n) is 3.76. The molecule has 0 radical (unpaired) electrons. The molecule has 0 saturated heterocycles. The van der Waals surface area contributed by atoms with Gasteiger partial charge >= 0.3 is 5.97 Å². The number of esters is 1. The summed E-state index contributed by atoms with van der Waals surface area (Å²) >= 11 is 0. The number of nitrogens with one attached hydrogen (secondary N) is 2. The van der Waals surface area contributed by atoms with Crippen molar-refractivity contribution in [3.05, 3.63) is 36.0 Å². The van der Waals surface area contributed by atoms with Crippen LogP contribution in [0.25, 0.3) is 10.9 Å². The monoisotopic (exact) mass is 232 g/mol. The SMILES string of the molecule is CCOC(=O)CNCc1cccc2[nH]ccc12. The molecule has 1 aromatic carbocycles. The molecule has 2 aromatic rings. The zero-order valence-electron chi connectivity index (χ0n) is 9.82. The minimum absolute atomic E-state index is 0.214. The van der Waals surface area contributed by atoms with Gasteiger partial charge in [0.15, 0.2) is 0 Å². The highest BCUT2D eigenvalue weighted by molar-refractivity contribution is 5.82. The van der Waals surface area contributed by atoms with Gasteiger partial charge in [0, 0.05) is 23.6 Å². The molecule has 0 amide bonds. The van der Waals surface area contributed by atoms with Gasteiger partial charge in [-0.3, -0.25) is 4.79 Å². The number of carbonyl (C=O) groups excluding carboxylic acids is 1. The zero-order valence-corrected chi connectivity index (χ0v) is 9.82. The van der Waals surface area contributed by atoms with Crippen LogP contribution in [0.15, 0.2) is 30.5 Å². The molecule has 2 rings (SSSR count). The van der Waals surface area contributed by atoms with Crippen molar-refractivity contribution in [3.63, 3.8) is 0 Å². The third-order valence-electron chi connectivity index (χ3n) is 2.58. The summed E-state index contributed by atoms with van der Waals surface area (Å²) in [7, 11) is 0. The average Bonchev–Trinajstić information content (AvgIpc) is 2.78. The molecule has 0 aliphatic carbocycles. The molecule has 0 unspecified atom stereocenters. The fourth-order valence-corrected chi connectivity index (χ4v) is 1.82. The van der Waals surface area contributed by atoms with E-state index in [1.165, 1.54) is 10.9 Å². The molecule has 0 fully saturated rings. The largest absolute Gasteiger partial charge is 0.465 e. The molecule has 1 aromatic heterocycles. The minimum atomic E-state index is -0.214. The molecular formula is C13H16N2O2. The van der Waals surface area contributed by atoms with Crippen LogP contribution in [0.3, 0.4) is 0 Å². The predicted molar refractivity (Wildman–Crippen MR) is 66.6 cm³/mol. The van der Waals surface area contributed by atoms with E-state index in [1.807, 2.05) is 30.5 Å². The van der Waals surface area contributed by atoms with E-state index in [0.717, 1.165) is 5.52 Å². The van der Waals surface area contributed by atoms with Crippen LogP contribution in [0, 0.1) is 0 Å². The molecule has 0 spiro atoms. The van der Waals surface area contributed by atoms with Crippen molar-refractivity contribution < 1.29 is 9.53 Å². The van der Waals surface area contributed by atoms with E-state index >= 15 is 0 Å². The quantitative estimate of drug-likeness (QED) is 0.773. The molecule has 2 N–H and O–H groups in total. The highest BCUT2D eigenvalue weighted by atomic mass is 16.5. The number of rotatable bonds is 5. The topological polar surface area (TPSA) is 54.1 Å². The molecule has 0 atom stereocenters. The van der Waals surface area contributed by atoms with Crippen LogP contribution >= 0.6 is 0 Å². The predicted octanol–water partition coefficient (Wildman–Crippen LogP) is 1.82. The van der Waals surface area contributed by atoms with E-state index in [0.29, 0.717) is 13.2 Å². The van der Waals surface area contributed by atoms with Crippen molar-refractivity contribution in [2.24, 2.45) is 0 Å². The second-order valence-corrected chi connectivity index (χ2v) is 3.76. The van der Waals surface area contributed by atoms with Gasteiger partial charge in [-0.05, 0) is 24.6 Å². The highest BCUT2D eigenvalue weighted by Crippen LogP contribution is 2.16. The molecule has 0 aliphatic rings. The number of carbonyl (C=O) groups is 1. The smallest absolute Gasteiger partial charge is 0.319 e. The van der Waals surface area contributed by atoms with Gasteiger partial charge in [-0.2, -0.15) is 0 Å². The molecule has 1 heterocycles. The number of aromatic amines is 1. The Balaban J connectivity index is 1.95. The van der Waals surface area contributed by atoms with E-state index in [4.69, 9.17) is 4.74 Å². The first-order valence-corrected chi connectivity index (χ1v) is 5.72. The summed E-state index contributed by atoms with van der Waals surface area (Å²) in [6.07, 6.45) is 1.92. The van der Waals surface area contributed by atoms with Gasteiger partial charge in [-0.15, -0.1) is 0 Å². The third kappa shape index (κ3) is 2.85. The average molecular weight is 232 g/mol. The minimum Gasteiger partial charge on any atom is -0.465 e. The molecule has 17 heavy (non-hydrogen) atoms. The second kappa shape index (κ2) is 5.50. The number of fused-ring (bicyclic) bond motifs is 1. The number of hydrogen-bond donors (Lipinski definition) is 2. The van der Waals surface area contributed by atoms with Crippen LogP contribution in [0.4, 0.5) is 0 Å². The van der Waals surface area contributed by atoms with Crippen LogP contribution in [-0.4, -0.2) is 24.1 Å². The maximum atomic E-state index is 11.2. The van der Waals surface area contributed by atoms with Crippen molar-refractivity contribution in [2.45, 2.75) is 13.5 Å². The Morgan fingerprint density at radius 2 is 2.29 bits per heavy atom. The number of hydrogen-bond acceptors (Lipinski definition) is 3. The summed E-state index contributed by atoms with van der Waals surface area (Å²) in [4.78, 5) is 14.3. The van der Waals surface area contributed by atoms with E-state index in [2.05, 4.69) is 10.3 Å². The molecule has 0 bridgehead atoms. The van der Waals surface area contributed by atoms with Gasteiger partial charge in [-0.25, -0.2) is 0 Å². The number of benzene rings is 1. The summed E-state index contributed by atoms with van der Waals surface area (Å²) in [5.74, 6) is -0.214. The Kier molecular flexibility index (Phi) is 3.77. The molecule has 4 heteroatoms. The number of aromatic nitrogens is 1. The summed E-state index contributed by atoms with van der Waals surface area (Å²) in [6, 6.07) is 8.12. The van der Waals surface area contributed by atoms with Crippen LogP contribution in [0.5, 0.6) is 0 Å². The lowest BCUT2D eigenvalue weighted by Gasteiger charge is -2.05. The lowest BCUT2D eigenvalue weighted by atomic mass is 10.1. The third-order valence-corrected chi connectivity index (χ3v) is 2.58. The summed E-state index contributed by atoms with van der Waals surface area (Å²) in [5.41, 5.74) is 2.29. The van der Waals surface area contributed by atoms with Gasteiger partial charge in [0.25, 0.3) is 0 Å². The maximum absolute atomic E-state index is 11.2. The fraction of sp³-hybridized carbons (Fsp3) is 0.308. The fourth-order valence-electron chi connectivity index (χ4n) is 1.82. The lowest BCUT2D eigenvalue weighted by molar-refractivity contribution is -0.142. The highest BCUT2D eigenvalue weighted by Gasteiger charge is 2.03. The van der Waals surface area contributed by atoms with Crippen LogP contribution in [0.1, 0.15) is 12.5 Å². The van der Waals surface area contributed by atoms with Crippen LogP contribution < -0.4 is 5.32 Å². The molecule has 0 saturated carbocycles. The Morgan fingerprint density at radius 3 is 3.12 bits per heavy atom. The van der Waals surface area contributed by atoms with Crippen molar-refractivity contribution in [2.75, 3.05) is 13.2 Å². The summed E-state index contributed by atoms with van der Waals surface area (Å²) < 4.78 is 4.84. The van der Waals surface area contributed by atoms with E-state index in [9.17, 15) is 4.79 Å². The summed E-state index contributed by atoms with van der Waals surface area (Å²) in [6.45, 7) is 3.13. The van der Waals surface area contributed by atoms with Crippen LogP contribution in [-0.2, 0) is 16.1 Å². The Hall–Kier alpha value is -1.81. The van der Waals surface area contributed by atoms with Gasteiger partial charge in [-0.1, -0.05) is 12.1 Å². The Morgan fingerprint density at radius 1 is 1.41 bits per heavy atom. The van der Waals surface area contributed by atoms with E-state index in [1.54, 1.807) is 6.92 Å². The first-order chi connectivity index (χ1) is 8.31. The summed E-state index contributed by atoms with van der Waals surface area (Å²) in [5, 5.41) is 4.26. The molecular weight excluding hydrogens is 216 g/mol. The van der Waals surface area contributed by atoms with Crippen LogP contribution in [0.2, 0.25) is 0 Å². The Labute approximate surface area is 100.0 Å².